The number of esters is 3. The molecule has 54 heavy (non-hydrogen) atoms. The first-order valence-electron chi connectivity index (χ1n) is 23.0. The highest BCUT2D eigenvalue weighted by molar-refractivity contribution is 5.71. The van der Waals surface area contributed by atoms with Gasteiger partial charge < -0.3 is 14.2 Å². The third kappa shape index (κ3) is 40.8. The van der Waals surface area contributed by atoms with Gasteiger partial charge in [0.1, 0.15) is 13.2 Å². The summed E-state index contributed by atoms with van der Waals surface area (Å²) >= 11 is 0. The molecule has 0 fully saturated rings. The van der Waals surface area contributed by atoms with Gasteiger partial charge in [-0.2, -0.15) is 0 Å². The topological polar surface area (TPSA) is 78.9 Å². The Labute approximate surface area is 334 Å². The number of unbranched alkanes of at least 4 members (excludes halogenated alkanes) is 24. The first kappa shape index (κ1) is 51.6. The molecule has 1 atom stereocenters. The van der Waals surface area contributed by atoms with Crippen LogP contribution in [0.1, 0.15) is 233 Å². The number of ether oxygens (including phenoxy) is 3. The van der Waals surface area contributed by atoms with Gasteiger partial charge in [-0.3, -0.25) is 14.4 Å². The van der Waals surface area contributed by atoms with Crippen LogP contribution in [0.4, 0.5) is 0 Å². The van der Waals surface area contributed by atoms with E-state index in [1.807, 2.05) is 0 Å². The summed E-state index contributed by atoms with van der Waals surface area (Å²) in [4.78, 5) is 37.5. The van der Waals surface area contributed by atoms with E-state index in [1.165, 1.54) is 96.3 Å². The molecule has 0 saturated heterocycles. The molecule has 0 aromatic carbocycles. The lowest BCUT2D eigenvalue weighted by atomic mass is 10.1. The Hall–Kier alpha value is -2.37. The number of carbonyl (C=O) groups excluding carboxylic acids is 3. The first-order chi connectivity index (χ1) is 26.5. The first-order valence-corrected chi connectivity index (χ1v) is 23.0. The van der Waals surface area contributed by atoms with Crippen LogP contribution in [0.15, 0.2) is 36.5 Å². The van der Waals surface area contributed by atoms with Gasteiger partial charge in [0.05, 0.1) is 0 Å². The summed E-state index contributed by atoms with van der Waals surface area (Å²) in [6, 6.07) is 0. The maximum atomic E-state index is 12.6. The lowest BCUT2D eigenvalue weighted by Gasteiger charge is -2.18. The van der Waals surface area contributed by atoms with Gasteiger partial charge >= 0.3 is 17.9 Å². The third-order valence-corrected chi connectivity index (χ3v) is 9.85. The summed E-state index contributed by atoms with van der Waals surface area (Å²) in [5.41, 5.74) is 0. The molecule has 0 N–H and O–H groups in total. The van der Waals surface area contributed by atoms with Gasteiger partial charge in [0, 0.05) is 19.3 Å². The van der Waals surface area contributed by atoms with Crippen molar-refractivity contribution in [1.82, 2.24) is 0 Å². The van der Waals surface area contributed by atoms with E-state index in [0.717, 1.165) is 96.3 Å². The van der Waals surface area contributed by atoms with Crippen molar-refractivity contribution < 1.29 is 28.6 Å². The highest BCUT2D eigenvalue weighted by Crippen LogP contribution is 2.14. The molecule has 6 heteroatoms. The monoisotopic (exact) mass is 759 g/mol. The number of hydrogen-bond donors (Lipinski definition) is 0. The van der Waals surface area contributed by atoms with Gasteiger partial charge in [-0.15, -0.1) is 0 Å². The standard InChI is InChI=1S/C48H86O6/c1-4-7-10-13-15-17-19-21-22-23-24-25-27-28-30-32-35-38-41-47(50)53-44-45(43-52-46(49)40-37-34-12-9-6-3)54-48(51)42-39-36-33-31-29-26-20-18-16-14-11-8-5-2/h11,14,18,20,22-23,45H,4-10,12-13,15-17,19,21,24-44H2,1-3H3/b14-11-,20-18-,23-22-. The fourth-order valence-electron chi connectivity index (χ4n) is 6.36. The van der Waals surface area contributed by atoms with E-state index in [-0.39, 0.29) is 31.1 Å². The zero-order valence-electron chi connectivity index (χ0n) is 35.7. The van der Waals surface area contributed by atoms with Crippen molar-refractivity contribution in [1.29, 1.82) is 0 Å². The van der Waals surface area contributed by atoms with Crippen molar-refractivity contribution in [2.24, 2.45) is 0 Å². The summed E-state index contributed by atoms with van der Waals surface area (Å²) in [5, 5.41) is 0. The molecule has 1 unspecified atom stereocenters. The second-order valence-electron chi connectivity index (χ2n) is 15.3. The average molecular weight is 759 g/mol. The summed E-state index contributed by atoms with van der Waals surface area (Å²) < 4.78 is 16.6. The Kier molecular flexibility index (Phi) is 41.5. The summed E-state index contributed by atoms with van der Waals surface area (Å²) in [5.74, 6) is -0.911. The van der Waals surface area contributed by atoms with Gasteiger partial charge in [-0.05, 0) is 70.6 Å². The van der Waals surface area contributed by atoms with E-state index in [0.29, 0.717) is 19.3 Å². The Morgan fingerprint density at radius 2 is 0.704 bits per heavy atom. The minimum absolute atomic E-state index is 0.0796. The van der Waals surface area contributed by atoms with E-state index >= 15 is 0 Å². The van der Waals surface area contributed by atoms with E-state index < -0.39 is 6.10 Å². The van der Waals surface area contributed by atoms with E-state index in [9.17, 15) is 14.4 Å². The molecule has 0 aliphatic carbocycles. The summed E-state index contributed by atoms with van der Waals surface area (Å²) in [6.45, 7) is 6.47. The Balaban J connectivity index is 4.20. The molecule has 0 radical (unpaired) electrons. The SMILES string of the molecule is CCC/C=C\C/C=C\CCCCCCCC(=O)OC(COC(=O)CCCCCCC)COC(=O)CCCCCCCCC/C=C\CCCCCCCCC. The van der Waals surface area contributed by atoms with Crippen LogP contribution in [0.5, 0.6) is 0 Å². The largest absolute Gasteiger partial charge is 0.462 e. The van der Waals surface area contributed by atoms with Crippen LogP contribution in [0, 0.1) is 0 Å². The second kappa shape index (κ2) is 43.4. The van der Waals surface area contributed by atoms with Crippen molar-refractivity contribution in [2.45, 2.75) is 239 Å². The van der Waals surface area contributed by atoms with Gasteiger partial charge in [-0.25, -0.2) is 0 Å². The lowest BCUT2D eigenvalue weighted by molar-refractivity contribution is -0.167. The Morgan fingerprint density at radius 3 is 1.11 bits per heavy atom. The fourth-order valence-corrected chi connectivity index (χ4v) is 6.36. The predicted molar refractivity (Wildman–Crippen MR) is 229 cm³/mol. The second-order valence-corrected chi connectivity index (χ2v) is 15.3. The molecule has 0 saturated carbocycles. The van der Waals surface area contributed by atoms with Gasteiger partial charge in [0.15, 0.2) is 6.10 Å². The van der Waals surface area contributed by atoms with Crippen LogP contribution >= 0.6 is 0 Å². The minimum atomic E-state index is -0.774. The smallest absolute Gasteiger partial charge is 0.306 e. The summed E-state index contributed by atoms with van der Waals surface area (Å²) in [6.07, 6.45) is 48.7. The number of allylic oxidation sites excluding steroid dienone is 6. The maximum Gasteiger partial charge on any atom is 0.306 e. The van der Waals surface area contributed by atoms with Crippen molar-refractivity contribution in [3.63, 3.8) is 0 Å². The van der Waals surface area contributed by atoms with Crippen molar-refractivity contribution in [2.75, 3.05) is 13.2 Å². The van der Waals surface area contributed by atoms with Gasteiger partial charge in [-0.1, -0.05) is 179 Å². The summed E-state index contributed by atoms with van der Waals surface area (Å²) in [7, 11) is 0. The van der Waals surface area contributed by atoms with Crippen LogP contribution in [0.25, 0.3) is 0 Å². The number of carbonyl (C=O) groups is 3. The molecule has 0 aliphatic rings. The zero-order valence-corrected chi connectivity index (χ0v) is 35.7. The third-order valence-electron chi connectivity index (χ3n) is 9.85. The van der Waals surface area contributed by atoms with Crippen LogP contribution in [-0.2, 0) is 28.6 Å². The van der Waals surface area contributed by atoms with Gasteiger partial charge in [0.25, 0.3) is 0 Å². The molecule has 314 valence electrons. The fraction of sp³-hybridized carbons (Fsp3) is 0.812. The molecule has 0 amide bonds. The lowest BCUT2D eigenvalue weighted by Crippen LogP contribution is -2.30. The predicted octanol–water partition coefficient (Wildman–Crippen LogP) is 14.6. The normalized spacial score (nSPS) is 12.3. The minimum Gasteiger partial charge on any atom is -0.462 e. The molecule has 6 nitrogen and oxygen atoms in total. The molecule has 0 spiro atoms. The molecule has 0 aromatic rings. The number of rotatable bonds is 41. The molecule has 0 aliphatic heterocycles. The van der Waals surface area contributed by atoms with Crippen molar-refractivity contribution >= 4 is 17.9 Å². The van der Waals surface area contributed by atoms with E-state index in [1.54, 1.807) is 0 Å². The van der Waals surface area contributed by atoms with Crippen LogP contribution < -0.4 is 0 Å². The quantitative estimate of drug-likeness (QED) is 0.0267. The molecule has 0 aromatic heterocycles. The highest BCUT2D eigenvalue weighted by Gasteiger charge is 2.19. The molecular formula is C48H86O6. The van der Waals surface area contributed by atoms with Gasteiger partial charge in [0.2, 0.25) is 0 Å². The van der Waals surface area contributed by atoms with E-state index in [4.69, 9.17) is 14.2 Å². The zero-order chi connectivity index (χ0) is 39.4. The van der Waals surface area contributed by atoms with Crippen LogP contribution in [-0.4, -0.2) is 37.2 Å². The maximum absolute atomic E-state index is 12.6. The number of hydrogen-bond acceptors (Lipinski definition) is 6. The van der Waals surface area contributed by atoms with Crippen LogP contribution in [0.2, 0.25) is 0 Å². The van der Waals surface area contributed by atoms with Crippen LogP contribution in [0.3, 0.4) is 0 Å². The molecule has 0 rings (SSSR count). The van der Waals surface area contributed by atoms with Crippen molar-refractivity contribution in [3.8, 4) is 0 Å². The molecular weight excluding hydrogens is 673 g/mol. The molecule has 0 bridgehead atoms. The average Bonchev–Trinajstić information content (AvgIpc) is 3.17. The molecule has 0 heterocycles. The Morgan fingerprint density at radius 1 is 0.370 bits per heavy atom. The Bertz CT molecular complexity index is 922. The van der Waals surface area contributed by atoms with Crippen molar-refractivity contribution in [3.05, 3.63) is 36.5 Å². The highest BCUT2D eigenvalue weighted by atomic mass is 16.6. The van der Waals surface area contributed by atoms with E-state index in [2.05, 4.69) is 57.2 Å².